The maximum atomic E-state index is 13.2. The number of imidazole rings is 1. The Morgan fingerprint density at radius 3 is 1.83 bits per heavy atom. The second kappa shape index (κ2) is 12.1. The molecule has 1 amide bonds. The Kier molecular flexibility index (Phi) is 9.00. The van der Waals surface area contributed by atoms with Crippen molar-refractivity contribution >= 4 is 23.4 Å². The standard InChI is InChI=1S/C22H18N4O.2C2HF3O2/c27-21(25-22(11-12-22)17-6-2-1-3-7-17)20-24-19(16-9-13-23-14-10-16)18-8-4-5-15-26(18)20;2*3-2(4,5)1(6)7/h1-10,13-15H,11-12H2,(H,25,27);2*(H,6,7). The number of aromatic amines is 2. The van der Waals surface area contributed by atoms with E-state index in [1.807, 2.05) is 71.5 Å². The number of aliphatic carboxylic acids is 2. The third-order valence-electron chi connectivity index (χ3n) is 5.71. The van der Waals surface area contributed by atoms with Gasteiger partial charge in [0.25, 0.3) is 0 Å². The van der Waals surface area contributed by atoms with Crippen molar-refractivity contribution in [3.63, 3.8) is 0 Å². The number of halogens is 6. The predicted molar refractivity (Wildman–Crippen MR) is 123 cm³/mol. The van der Waals surface area contributed by atoms with E-state index in [0.717, 1.165) is 35.2 Å². The van der Waals surface area contributed by atoms with Crippen LogP contribution in [0, 0.1) is 0 Å². The van der Waals surface area contributed by atoms with E-state index in [2.05, 4.69) is 27.4 Å². The molecule has 3 aromatic heterocycles. The number of rotatable bonds is 4. The van der Waals surface area contributed by atoms with Crippen LogP contribution < -0.4 is 24.9 Å². The fourth-order valence-corrected chi connectivity index (χ4v) is 3.67. The van der Waals surface area contributed by atoms with Crippen molar-refractivity contribution < 1.29 is 60.3 Å². The van der Waals surface area contributed by atoms with Crippen LogP contribution >= 0.6 is 0 Å². The summed E-state index contributed by atoms with van der Waals surface area (Å²) >= 11 is 0. The summed E-state index contributed by atoms with van der Waals surface area (Å²) in [7, 11) is 0. The highest BCUT2D eigenvalue weighted by Gasteiger charge is 2.47. The molecule has 4 aromatic rings. The maximum absolute atomic E-state index is 13.2. The number of amides is 1. The molecule has 1 aromatic carbocycles. The van der Waals surface area contributed by atoms with E-state index in [-0.39, 0.29) is 11.4 Å². The number of carbonyl (C=O) groups excluding carboxylic acids is 3. The van der Waals surface area contributed by atoms with Gasteiger partial charge in [0.15, 0.2) is 23.6 Å². The van der Waals surface area contributed by atoms with E-state index in [0.29, 0.717) is 5.82 Å². The van der Waals surface area contributed by atoms with Gasteiger partial charge in [-0.1, -0.05) is 36.4 Å². The SMILES string of the molecule is O=C(NC1(c2ccccc2)CC1)c1[nH]c(-c2cc[nH+]cc2)c2cccc[n+]12.O=C([O-])C(F)(F)F.O=C([O-])C(F)(F)F. The van der Waals surface area contributed by atoms with Crippen LogP contribution in [0.1, 0.15) is 29.0 Å². The predicted octanol–water partition coefficient (Wildman–Crippen LogP) is 1.25. The van der Waals surface area contributed by atoms with Gasteiger partial charge in [-0.25, -0.2) is 9.97 Å². The van der Waals surface area contributed by atoms with Crippen molar-refractivity contribution in [1.82, 2.24) is 10.3 Å². The Labute approximate surface area is 227 Å². The number of alkyl halides is 6. The minimum atomic E-state index is -5.19. The zero-order valence-electron chi connectivity index (χ0n) is 20.7. The molecule has 1 aliphatic carbocycles. The molecule has 1 fully saturated rings. The topological polar surface area (TPSA) is 143 Å². The first-order valence-electron chi connectivity index (χ1n) is 11.6. The maximum Gasteiger partial charge on any atom is 0.430 e. The number of aromatic nitrogens is 3. The van der Waals surface area contributed by atoms with Crippen LogP contribution in [0.2, 0.25) is 0 Å². The summed E-state index contributed by atoms with van der Waals surface area (Å²) in [6, 6.07) is 20.1. The highest BCUT2D eigenvalue weighted by atomic mass is 19.4. The van der Waals surface area contributed by atoms with Crippen LogP contribution in [0.25, 0.3) is 16.8 Å². The number of hydrogen-bond donors (Lipinski definition) is 2. The molecule has 3 N–H and O–H groups in total. The minimum Gasteiger partial charge on any atom is -0.542 e. The summed E-state index contributed by atoms with van der Waals surface area (Å²) in [6.45, 7) is 0. The first-order chi connectivity index (χ1) is 19.2. The van der Waals surface area contributed by atoms with Gasteiger partial charge < -0.3 is 25.1 Å². The summed E-state index contributed by atoms with van der Waals surface area (Å²) in [5, 5.41) is 20.8. The van der Waals surface area contributed by atoms with Gasteiger partial charge in [0.2, 0.25) is 0 Å². The zero-order chi connectivity index (χ0) is 30.4. The molecule has 0 unspecified atom stereocenters. The largest absolute Gasteiger partial charge is 0.542 e. The smallest absolute Gasteiger partial charge is 0.430 e. The quantitative estimate of drug-likeness (QED) is 0.275. The molecule has 1 aliphatic rings. The molecule has 0 radical (unpaired) electrons. The second-order valence-electron chi connectivity index (χ2n) is 8.57. The lowest BCUT2D eigenvalue weighted by Crippen LogP contribution is -2.40. The summed E-state index contributed by atoms with van der Waals surface area (Å²) in [4.78, 5) is 37.1. The van der Waals surface area contributed by atoms with Gasteiger partial charge in [0, 0.05) is 17.7 Å². The first kappa shape index (κ1) is 30.6. The van der Waals surface area contributed by atoms with Crippen LogP contribution in [-0.2, 0) is 15.1 Å². The number of H-pyrrole nitrogens is 2. The molecule has 0 spiro atoms. The average Bonchev–Trinajstić information content (AvgIpc) is 3.60. The molecular weight excluding hydrogens is 562 g/mol. The number of nitrogens with zero attached hydrogens (tertiary/aromatic N) is 1. The number of carboxylic acid groups (broad SMARTS) is 2. The molecule has 9 nitrogen and oxygen atoms in total. The number of carbonyl (C=O) groups is 3. The van der Waals surface area contributed by atoms with E-state index < -0.39 is 24.3 Å². The van der Waals surface area contributed by atoms with E-state index in [1.165, 1.54) is 0 Å². The molecule has 15 heteroatoms. The summed E-state index contributed by atoms with van der Waals surface area (Å²) in [5.41, 5.74) is 3.85. The molecule has 0 aliphatic heterocycles. The van der Waals surface area contributed by atoms with E-state index in [1.54, 1.807) is 0 Å². The van der Waals surface area contributed by atoms with Gasteiger partial charge in [0.05, 0.1) is 11.7 Å². The van der Waals surface area contributed by atoms with Gasteiger partial charge in [-0.15, -0.1) is 0 Å². The van der Waals surface area contributed by atoms with Gasteiger partial charge in [-0.05, 0) is 30.5 Å². The lowest BCUT2D eigenvalue weighted by molar-refractivity contribution is -0.514. The van der Waals surface area contributed by atoms with Crippen molar-refractivity contribution in [2.45, 2.75) is 30.7 Å². The summed E-state index contributed by atoms with van der Waals surface area (Å²) in [5.74, 6) is -5.57. The van der Waals surface area contributed by atoms with Crippen molar-refractivity contribution in [2.24, 2.45) is 0 Å². The van der Waals surface area contributed by atoms with E-state index >= 15 is 0 Å². The fourth-order valence-electron chi connectivity index (χ4n) is 3.67. The lowest BCUT2D eigenvalue weighted by Gasteiger charge is -2.16. The van der Waals surface area contributed by atoms with Gasteiger partial charge in [-0.2, -0.15) is 30.7 Å². The first-order valence-corrected chi connectivity index (χ1v) is 11.6. The highest BCUT2D eigenvalue weighted by molar-refractivity contribution is 5.92. The number of pyridine rings is 2. The number of fused-ring (bicyclic) bond motifs is 1. The van der Waals surface area contributed by atoms with Crippen molar-refractivity contribution in [3.8, 4) is 11.3 Å². The van der Waals surface area contributed by atoms with Crippen LogP contribution in [0.3, 0.4) is 0 Å². The Bertz CT molecular complexity index is 1490. The normalized spacial score (nSPS) is 13.6. The average molecular weight is 582 g/mol. The van der Waals surface area contributed by atoms with Crippen LogP contribution in [0.4, 0.5) is 26.3 Å². The van der Waals surface area contributed by atoms with Crippen LogP contribution in [-0.4, -0.2) is 35.2 Å². The van der Waals surface area contributed by atoms with E-state index in [4.69, 9.17) is 19.8 Å². The van der Waals surface area contributed by atoms with Crippen molar-refractivity contribution in [3.05, 3.63) is 90.6 Å². The number of carboxylic acids is 2. The van der Waals surface area contributed by atoms with Crippen LogP contribution in [0.15, 0.2) is 79.3 Å². The molecule has 0 atom stereocenters. The molecule has 0 bridgehead atoms. The zero-order valence-corrected chi connectivity index (χ0v) is 20.7. The third kappa shape index (κ3) is 7.80. The van der Waals surface area contributed by atoms with Crippen LogP contribution in [0.5, 0.6) is 0 Å². The van der Waals surface area contributed by atoms with E-state index in [9.17, 15) is 31.1 Å². The number of benzene rings is 1. The Hall–Kier alpha value is -4.95. The Balaban J connectivity index is 0.000000276. The highest BCUT2D eigenvalue weighted by Crippen LogP contribution is 2.45. The molecule has 5 rings (SSSR count). The number of hydrogen-bond acceptors (Lipinski definition) is 5. The summed E-state index contributed by atoms with van der Waals surface area (Å²) < 4.78 is 65.0. The van der Waals surface area contributed by atoms with Crippen molar-refractivity contribution in [1.29, 1.82) is 0 Å². The molecule has 3 heterocycles. The molecule has 0 saturated heterocycles. The monoisotopic (exact) mass is 582 g/mol. The van der Waals surface area contributed by atoms with Gasteiger partial charge in [0.1, 0.15) is 11.9 Å². The minimum absolute atomic E-state index is 0.0914. The van der Waals surface area contributed by atoms with Gasteiger partial charge >= 0.3 is 24.1 Å². The van der Waals surface area contributed by atoms with Crippen molar-refractivity contribution in [2.75, 3.05) is 0 Å². The Morgan fingerprint density at radius 2 is 1.34 bits per heavy atom. The fraction of sp³-hybridized carbons (Fsp3) is 0.192. The lowest BCUT2D eigenvalue weighted by atomic mass is 10.1. The Morgan fingerprint density at radius 1 is 0.829 bits per heavy atom. The van der Waals surface area contributed by atoms with Gasteiger partial charge in [-0.3, -0.25) is 4.79 Å². The molecule has 1 saturated carbocycles. The third-order valence-corrected chi connectivity index (χ3v) is 5.71. The molecule has 41 heavy (non-hydrogen) atoms. The second-order valence-corrected chi connectivity index (χ2v) is 8.57. The number of nitrogens with one attached hydrogen (secondary N) is 3. The molecular formula is C26H20F6N4O5. The molecule has 216 valence electrons. The summed E-state index contributed by atoms with van der Waals surface area (Å²) in [6.07, 6.45) is -2.78.